The number of ether oxygens (including phenoxy) is 3. The Balaban J connectivity index is 1.44. The molecule has 46 heavy (non-hydrogen) atoms. The van der Waals surface area contributed by atoms with Gasteiger partial charge in [0.15, 0.2) is 9.84 Å². The number of nitrogens with one attached hydrogen (secondary N) is 1. The van der Waals surface area contributed by atoms with E-state index in [1.807, 2.05) is 0 Å². The Morgan fingerprint density at radius 1 is 1.00 bits per heavy atom. The number of benzene rings is 3. The van der Waals surface area contributed by atoms with E-state index in [2.05, 4.69) is 14.8 Å². The van der Waals surface area contributed by atoms with Gasteiger partial charge in [0, 0.05) is 24.3 Å². The second-order valence-corrected chi connectivity index (χ2v) is 12.7. The molecule has 9 nitrogen and oxygen atoms in total. The second kappa shape index (κ2) is 15.1. The highest BCUT2D eigenvalue weighted by molar-refractivity contribution is 7.91. The van der Waals surface area contributed by atoms with Crippen molar-refractivity contribution in [2.45, 2.75) is 55.8 Å². The number of sulfone groups is 1. The Labute approximate surface area is 262 Å². The molecule has 0 radical (unpaired) electrons. The predicted molar refractivity (Wildman–Crippen MR) is 158 cm³/mol. The molecule has 3 aromatic rings. The third-order valence-electron chi connectivity index (χ3n) is 7.36. The van der Waals surface area contributed by atoms with Gasteiger partial charge >= 0.3 is 13.0 Å². The summed E-state index contributed by atoms with van der Waals surface area (Å²) >= 11 is 0. The molecule has 2 N–H and O–H groups in total. The van der Waals surface area contributed by atoms with Gasteiger partial charge in [-0.1, -0.05) is 19.1 Å². The average Bonchev–Trinajstić information content (AvgIpc) is 3.42. The highest BCUT2D eigenvalue weighted by Crippen LogP contribution is 2.31. The van der Waals surface area contributed by atoms with Crippen molar-refractivity contribution < 1.29 is 54.5 Å². The molecular formula is C31H33F5N2O7S. The van der Waals surface area contributed by atoms with E-state index < -0.39 is 52.7 Å². The number of carbonyl (C=O) groups is 1. The summed E-state index contributed by atoms with van der Waals surface area (Å²) in [7, 11) is -3.40. The van der Waals surface area contributed by atoms with Crippen LogP contribution in [0.1, 0.15) is 41.7 Å². The summed E-state index contributed by atoms with van der Waals surface area (Å²) in [4.78, 5) is 15.1. The average molecular weight is 673 g/mol. The van der Waals surface area contributed by atoms with Crippen LogP contribution in [0.4, 0.5) is 27.6 Å². The van der Waals surface area contributed by atoms with E-state index in [9.17, 15) is 40.3 Å². The van der Waals surface area contributed by atoms with Crippen molar-refractivity contribution in [3.05, 3.63) is 83.9 Å². The quantitative estimate of drug-likeness (QED) is 0.216. The monoisotopic (exact) mass is 672 g/mol. The molecule has 0 aromatic heterocycles. The van der Waals surface area contributed by atoms with Crippen LogP contribution < -0.4 is 19.7 Å². The Bertz CT molecular complexity index is 1540. The Morgan fingerprint density at radius 2 is 1.63 bits per heavy atom. The molecule has 3 atom stereocenters. The predicted octanol–water partition coefficient (Wildman–Crippen LogP) is 5.50. The van der Waals surface area contributed by atoms with Crippen LogP contribution in [0.2, 0.25) is 0 Å². The first kappa shape index (κ1) is 34.9. The lowest BCUT2D eigenvalue weighted by atomic mass is 10.0. The minimum Gasteiger partial charge on any atom is -0.489 e. The first-order valence-corrected chi connectivity index (χ1v) is 16.0. The zero-order chi connectivity index (χ0) is 33.5. The highest BCUT2D eigenvalue weighted by Gasteiger charge is 2.35. The number of anilines is 1. The van der Waals surface area contributed by atoms with E-state index in [-0.39, 0.29) is 54.6 Å². The van der Waals surface area contributed by atoms with Crippen molar-refractivity contribution in [3.63, 3.8) is 0 Å². The minimum atomic E-state index is -4.84. The molecule has 1 aliphatic rings. The molecule has 1 aliphatic heterocycles. The van der Waals surface area contributed by atoms with Gasteiger partial charge in [0.05, 0.1) is 35.9 Å². The molecule has 15 heteroatoms. The minimum absolute atomic E-state index is 0.0534. The highest BCUT2D eigenvalue weighted by atomic mass is 32.2. The second-order valence-electron chi connectivity index (χ2n) is 10.5. The van der Waals surface area contributed by atoms with Crippen LogP contribution in [0.3, 0.4) is 0 Å². The van der Waals surface area contributed by atoms with Crippen molar-refractivity contribution >= 4 is 21.4 Å². The van der Waals surface area contributed by atoms with Gasteiger partial charge in [-0.25, -0.2) is 8.42 Å². The molecule has 1 unspecified atom stereocenters. The van der Waals surface area contributed by atoms with E-state index in [1.165, 1.54) is 24.3 Å². The molecule has 3 aromatic carbocycles. The Hall–Kier alpha value is -3.95. The van der Waals surface area contributed by atoms with Crippen molar-refractivity contribution in [2.24, 2.45) is 0 Å². The first-order valence-electron chi connectivity index (χ1n) is 14.3. The molecule has 1 fully saturated rings. The fourth-order valence-electron chi connectivity index (χ4n) is 5.10. The number of aliphatic hydroxyl groups is 1. The number of hydrogen-bond donors (Lipinski definition) is 2. The van der Waals surface area contributed by atoms with E-state index in [1.54, 1.807) is 48.2 Å². The van der Waals surface area contributed by atoms with Crippen LogP contribution in [-0.2, 0) is 14.6 Å². The first-order chi connectivity index (χ1) is 21.8. The van der Waals surface area contributed by atoms with Crippen LogP contribution in [0.15, 0.2) is 77.7 Å². The molecular weight excluding hydrogens is 639 g/mol. The Kier molecular flexibility index (Phi) is 11.5. The van der Waals surface area contributed by atoms with E-state index in [4.69, 9.17) is 4.74 Å². The van der Waals surface area contributed by atoms with Crippen LogP contribution in [-0.4, -0.2) is 70.1 Å². The fourth-order valence-corrected chi connectivity index (χ4v) is 5.98. The van der Waals surface area contributed by atoms with Crippen molar-refractivity contribution in [1.82, 2.24) is 5.32 Å². The van der Waals surface area contributed by atoms with Gasteiger partial charge in [-0.15, -0.1) is 13.2 Å². The lowest BCUT2D eigenvalue weighted by Gasteiger charge is -2.26. The van der Waals surface area contributed by atoms with Gasteiger partial charge in [0.2, 0.25) is 0 Å². The SMILES string of the molecule is CCS(=O)(=O)c1ccc(C(CCO)NC(=O)c2ccc(N3C[C@@H](Oc4ccc(OC(F)(F)F)cc4)C[C@H]3COC(F)F)cc2)cc1. The molecule has 0 saturated carbocycles. The smallest absolute Gasteiger partial charge is 0.489 e. The summed E-state index contributed by atoms with van der Waals surface area (Å²) < 4.78 is 102. The summed E-state index contributed by atoms with van der Waals surface area (Å²) in [5.41, 5.74) is 1.49. The number of nitrogens with zero attached hydrogens (tertiary/aromatic N) is 1. The van der Waals surface area contributed by atoms with Gasteiger partial charge in [0.1, 0.15) is 17.6 Å². The number of carbonyl (C=O) groups excluding carboxylic acids is 1. The van der Waals surface area contributed by atoms with Gasteiger partial charge in [-0.2, -0.15) is 8.78 Å². The summed E-state index contributed by atoms with van der Waals surface area (Å²) in [6, 6.07) is 16.2. The van der Waals surface area contributed by atoms with Crippen LogP contribution >= 0.6 is 0 Å². The van der Waals surface area contributed by atoms with Crippen molar-refractivity contribution in [3.8, 4) is 11.5 Å². The lowest BCUT2D eigenvalue weighted by Crippen LogP contribution is -2.34. The number of hydrogen-bond acceptors (Lipinski definition) is 8. The third-order valence-corrected chi connectivity index (χ3v) is 9.11. The fraction of sp³-hybridized carbons (Fsp3) is 0.387. The molecule has 0 spiro atoms. The summed E-state index contributed by atoms with van der Waals surface area (Å²) in [5, 5.41) is 12.4. The van der Waals surface area contributed by atoms with E-state index in [0.29, 0.717) is 11.3 Å². The topological polar surface area (TPSA) is 114 Å². The normalized spacial score (nSPS) is 17.6. The van der Waals surface area contributed by atoms with Crippen molar-refractivity contribution in [1.29, 1.82) is 0 Å². The number of amides is 1. The maximum Gasteiger partial charge on any atom is 0.573 e. The summed E-state index contributed by atoms with van der Waals surface area (Å²) in [5.74, 6) is -0.653. The van der Waals surface area contributed by atoms with Crippen LogP contribution in [0, 0.1) is 0 Å². The molecule has 1 heterocycles. The van der Waals surface area contributed by atoms with Crippen LogP contribution in [0.25, 0.3) is 0 Å². The maximum absolute atomic E-state index is 13.1. The van der Waals surface area contributed by atoms with Gasteiger partial charge in [-0.3, -0.25) is 4.79 Å². The Morgan fingerprint density at radius 3 is 2.20 bits per heavy atom. The maximum atomic E-state index is 13.1. The number of rotatable bonds is 14. The number of alkyl halides is 5. The molecule has 0 bridgehead atoms. The molecule has 1 amide bonds. The summed E-state index contributed by atoms with van der Waals surface area (Å²) in [6.45, 7) is -1.76. The molecule has 1 saturated heterocycles. The molecule has 4 rings (SSSR count). The van der Waals surface area contributed by atoms with Gasteiger partial charge in [0.25, 0.3) is 5.91 Å². The van der Waals surface area contributed by atoms with E-state index >= 15 is 0 Å². The third kappa shape index (κ3) is 9.53. The zero-order valence-electron chi connectivity index (χ0n) is 24.6. The molecule has 0 aliphatic carbocycles. The van der Waals surface area contributed by atoms with E-state index in [0.717, 1.165) is 12.1 Å². The van der Waals surface area contributed by atoms with Crippen LogP contribution in [0.5, 0.6) is 11.5 Å². The lowest BCUT2D eigenvalue weighted by molar-refractivity contribution is -0.274. The van der Waals surface area contributed by atoms with Gasteiger partial charge in [-0.05, 0) is 72.6 Å². The standard InChI is InChI=1S/C31H33F5N2O7S/c1-2-46(41,42)27-13-5-20(6-14-27)28(15-16-39)37-29(40)21-3-7-22(8-4-21)38-18-26(17-23(38)19-43-30(32)33)44-24-9-11-25(12-10-24)45-31(34,35)36/h3-14,23,26,28,30,39H,2,15-19H2,1H3,(H,37,40)/t23-,26-,28?/m0/s1. The van der Waals surface area contributed by atoms with Crippen molar-refractivity contribution in [2.75, 3.05) is 30.4 Å². The summed E-state index contributed by atoms with van der Waals surface area (Å²) in [6.07, 6.45) is -4.89. The number of aliphatic hydroxyl groups excluding tert-OH is 1. The molecule has 250 valence electrons. The zero-order valence-corrected chi connectivity index (χ0v) is 25.4. The number of halogens is 5. The van der Waals surface area contributed by atoms with Gasteiger partial charge < -0.3 is 29.5 Å². The largest absolute Gasteiger partial charge is 0.573 e.